The summed E-state index contributed by atoms with van der Waals surface area (Å²) in [4.78, 5) is 6.93. The molecule has 0 unspecified atom stereocenters. The fourth-order valence-corrected chi connectivity index (χ4v) is 3.59. The van der Waals surface area contributed by atoms with E-state index in [9.17, 15) is 0 Å². The highest BCUT2D eigenvalue weighted by Crippen LogP contribution is 2.43. The molecule has 2 fully saturated rings. The molecular weight excluding hydrogens is 361 g/mol. The van der Waals surface area contributed by atoms with E-state index in [-0.39, 0.29) is 24.0 Å². The summed E-state index contributed by atoms with van der Waals surface area (Å²) in [5.41, 5.74) is 0.610. The van der Waals surface area contributed by atoms with Gasteiger partial charge in [-0.25, -0.2) is 0 Å². The van der Waals surface area contributed by atoms with Gasteiger partial charge in [-0.05, 0) is 38.0 Å². The van der Waals surface area contributed by atoms with Gasteiger partial charge in [-0.1, -0.05) is 31.4 Å². The fraction of sp³-hybridized carbons (Fsp3) is 0.812. The molecule has 116 valence electrons. The first kappa shape index (κ1) is 17.8. The number of nitrogens with zero attached hydrogens (tertiary/aromatic N) is 2. The SMILES string of the molecule is C/C=C/CCNC(=NC)N1CCC2(CCCCC2)C1.I. The largest absolute Gasteiger partial charge is 0.356 e. The van der Waals surface area contributed by atoms with Crippen LogP contribution >= 0.6 is 24.0 Å². The summed E-state index contributed by atoms with van der Waals surface area (Å²) in [5.74, 6) is 1.10. The Hall–Kier alpha value is -0.260. The summed E-state index contributed by atoms with van der Waals surface area (Å²) in [6.45, 7) is 5.46. The second-order valence-corrected chi connectivity index (χ2v) is 6.06. The molecule has 1 aliphatic carbocycles. The molecule has 1 N–H and O–H groups in total. The van der Waals surface area contributed by atoms with Gasteiger partial charge in [-0.15, -0.1) is 24.0 Å². The van der Waals surface area contributed by atoms with E-state index >= 15 is 0 Å². The molecule has 2 rings (SSSR count). The van der Waals surface area contributed by atoms with Crippen LogP contribution in [0.5, 0.6) is 0 Å². The van der Waals surface area contributed by atoms with E-state index in [0.29, 0.717) is 5.41 Å². The standard InChI is InChI=1S/C16H29N3.HI/c1-3-4-8-12-18-15(17-2)19-13-11-16(14-19)9-6-5-7-10-16;/h3-4H,5-14H2,1-2H3,(H,17,18);1H/b4-3+;. The summed E-state index contributed by atoms with van der Waals surface area (Å²) >= 11 is 0. The lowest BCUT2D eigenvalue weighted by atomic mass is 9.73. The van der Waals surface area contributed by atoms with Crippen LogP contribution in [0.25, 0.3) is 0 Å². The van der Waals surface area contributed by atoms with Gasteiger partial charge in [0.25, 0.3) is 0 Å². The molecule has 1 heterocycles. The zero-order valence-corrected chi connectivity index (χ0v) is 15.4. The molecule has 1 saturated carbocycles. The average molecular weight is 391 g/mol. The molecule has 0 aromatic rings. The predicted octanol–water partition coefficient (Wildman–Crippen LogP) is 3.80. The number of halogens is 1. The Morgan fingerprint density at radius 3 is 2.65 bits per heavy atom. The highest BCUT2D eigenvalue weighted by molar-refractivity contribution is 14.0. The first-order valence-corrected chi connectivity index (χ1v) is 7.86. The van der Waals surface area contributed by atoms with Crippen LogP contribution in [0.3, 0.4) is 0 Å². The van der Waals surface area contributed by atoms with Crippen LogP contribution in [0.2, 0.25) is 0 Å². The van der Waals surface area contributed by atoms with Crippen LogP contribution in [-0.2, 0) is 0 Å². The van der Waals surface area contributed by atoms with Crippen LogP contribution in [0.4, 0.5) is 0 Å². The minimum absolute atomic E-state index is 0. The Labute approximate surface area is 141 Å². The molecule has 0 radical (unpaired) electrons. The zero-order valence-electron chi connectivity index (χ0n) is 13.0. The van der Waals surface area contributed by atoms with Gasteiger partial charge < -0.3 is 10.2 Å². The van der Waals surface area contributed by atoms with Crippen molar-refractivity contribution < 1.29 is 0 Å². The Bertz CT molecular complexity index is 333. The third-order valence-electron chi connectivity index (χ3n) is 4.69. The monoisotopic (exact) mass is 391 g/mol. The van der Waals surface area contributed by atoms with E-state index in [0.717, 1.165) is 18.9 Å². The molecule has 2 aliphatic rings. The highest BCUT2D eigenvalue weighted by atomic mass is 127. The van der Waals surface area contributed by atoms with Gasteiger partial charge in [-0.3, -0.25) is 4.99 Å². The molecular formula is C16H30IN3. The number of likely N-dealkylation sites (tertiary alicyclic amines) is 1. The van der Waals surface area contributed by atoms with E-state index in [1.807, 2.05) is 7.05 Å². The van der Waals surface area contributed by atoms with Gasteiger partial charge in [-0.2, -0.15) is 0 Å². The summed E-state index contributed by atoms with van der Waals surface area (Å²) < 4.78 is 0. The van der Waals surface area contributed by atoms with Gasteiger partial charge in [0.15, 0.2) is 5.96 Å². The second kappa shape index (κ2) is 8.90. The molecule has 4 heteroatoms. The van der Waals surface area contributed by atoms with Crippen molar-refractivity contribution in [1.29, 1.82) is 0 Å². The normalized spacial score (nSPS) is 22.3. The second-order valence-electron chi connectivity index (χ2n) is 6.06. The smallest absolute Gasteiger partial charge is 0.193 e. The summed E-state index contributed by atoms with van der Waals surface area (Å²) in [6.07, 6.45) is 13.9. The molecule has 0 amide bonds. The Morgan fingerprint density at radius 2 is 2.00 bits per heavy atom. The number of allylic oxidation sites excluding steroid dienone is 1. The number of hydrogen-bond acceptors (Lipinski definition) is 1. The lowest BCUT2D eigenvalue weighted by Crippen LogP contribution is -2.41. The first-order chi connectivity index (χ1) is 9.29. The van der Waals surface area contributed by atoms with Crippen molar-refractivity contribution in [3.05, 3.63) is 12.2 Å². The number of rotatable bonds is 3. The summed E-state index contributed by atoms with van der Waals surface area (Å²) in [6, 6.07) is 0. The van der Waals surface area contributed by atoms with E-state index in [2.05, 4.69) is 34.3 Å². The van der Waals surface area contributed by atoms with Crippen molar-refractivity contribution in [2.45, 2.75) is 51.9 Å². The summed E-state index contributed by atoms with van der Waals surface area (Å²) in [7, 11) is 1.91. The molecule has 1 saturated heterocycles. The molecule has 0 aromatic heterocycles. The molecule has 0 aromatic carbocycles. The van der Waals surface area contributed by atoms with Gasteiger partial charge >= 0.3 is 0 Å². The average Bonchev–Trinajstić information content (AvgIpc) is 2.83. The van der Waals surface area contributed by atoms with Crippen molar-refractivity contribution >= 4 is 29.9 Å². The maximum atomic E-state index is 4.45. The Kier molecular flexibility index (Phi) is 7.92. The van der Waals surface area contributed by atoms with E-state index in [1.54, 1.807) is 0 Å². The summed E-state index contributed by atoms with van der Waals surface area (Å²) in [5, 5.41) is 3.49. The molecule has 0 bridgehead atoms. The van der Waals surface area contributed by atoms with Gasteiger partial charge in [0.1, 0.15) is 0 Å². The maximum absolute atomic E-state index is 4.45. The van der Waals surface area contributed by atoms with Crippen molar-refractivity contribution in [3.63, 3.8) is 0 Å². The van der Waals surface area contributed by atoms with Crippen molar-refractivity contribution in [2.24, 2.45) is 10.4 Å². The topological polar surface area (TPSA) is 27.6 Å². The predicted molar refractivity (Wildman–Crippen MR) is 97.9 cm³/mol. The molecule has 1 spiro atoms. The zero-order chi connectivity index (χ0) is 13.6. The highest BCUT2D eigenvalue weighted by Gasteiger charge is 2.39. The van der Waals surface area contributed by atoms with Crippen LogP contribution in [0.1, 0.15) is 51.9 Å². The minimum atomic E-state index is 0. The van der Waals surface area contributed by atoms with Crippen LogP contribution in [-0.4, -0.2) is 37.5 Å². The van der Waals surface area contributed by atoms with Gasteiger partial charge in [0, 0.05) is 26.7 Å². The van der Waals surface area contributed by atoms with Crippen LogP contribution in [0.15, 0.2) is 17.1 Å². The molecule has 1 aliphatic heterocycles. The Balaban J connectivity index is 0.00000200. The molecule has 20 heavy (non-hydrogen) atoms. The van der Waals surface area contributed by atoms with Crippen molar-refractivity contribution in [2.75, 3.05) is 26.7 Å². The number of nitrogens with one attached hydrogen (secondary N) is 1. The number of hydrogen-bond donors (Lipinski definition) is 1. The van der Waals surface area contributed by atoms with Gasteiger partial charge in [0.2, 0.25) is 0 Å². The van der Waals surface area contributed by atoms with E-state index in [1.165, 1.54) is 51.6 Å². The third-order valence-corrected chi connectivity index (χ3v) is 4.69. The van der Waals surface area contributed by atoms with E-state index < -0.39 is 0 Å². The lowest BCUT2D eigenvalue weighted by Gasteiger charge is -2.33. The Morgan fingerprint density at radius 1 is 1.25 bits per heavy atom. The molecule has 0 atom stereocenters. The van der Waals surface area contributed by atoms with Crippen LogP contribution < -0.4 is 5.32 Å². The number of guanidine groups is 1. The lowest BCUT2D eigenvalue weighted by molar-refractivity contribution is 0.203. The third kappa shape index (κ3) is 4.64. The minimum Gasteiger partial charge on any atom is -0.356 e. The van der Waals surface area contributed by atoms with Crippen LogP contribution in [0, 0.1) is 5.41 Å². The fourth-order valence-electron chi connectivity index (χ4n) is 3.59. The number of aliphatic imine (C=N–C) groups is 1. The van der Waals surface area contributed by atoms with Crippen molar-refractivity contribution in [3.8, 4) is 0 Å². The molecule has 3 nitrogen and oxygen atoms in total. The first-order valence-electron chi connectivity index (χ1n) is 7.86. The maximum Gasteiger partial charge on any atom is 0.193 e. The van der Waals surface area contributed by atoms with Gasteiger partial charge in [0.05, 0.1) is 0 Å². The van der Waals surface area contributed by atoms with Crippen molar-refractivity contribution in [1.82, 2.24) is 10.2 Å². The quantitative estimate of drug-likeness (QED) is 0.261. The van der Waals surface area contributed by atoms with E-state index in [4.69, 9.17) is 0 Å².